The minimum Gasteiger partial charge on any atom is -0.456 e. The molecule has 0 aliphatic heterocycles. The van der Waals surface area contributed by atoms with Crippen LogP contribution in [0.3, 0.4) is 0 Å². The third kappa shape index (κ3) is 2.92. The van der Waals surface area contributed by atoms with Crippen LogP contribution in [0.15, 0.2) is 36.4 Å². The van der Waals surface area contributed by atoms with E-state index in [1.165, 1.54) is 12.1 Å². The fraction of sp³-hybridized carbons (Fsp3) is 0. The normalized spacial score (nSPS) is 9.89. The highest BCUT2D eigenvalue weighted by molar-refractivity contribution is 6.34. The van der Waals surface area contributed by atoms with Gasteiger partial charge in [-0.3, -0.25) is 0 Å². The van der Waals surface area contributed by atoms with Gasteiger partial charge in [0, 0.05) is 17.2 Å². The van der Waals surface area contributed by atoms with Crippen LogP contribution in [0.2, 0.25) is 10.0 Å². The number of halogens is 3. The van der Waals surface area contributed by atoms with Crippen LogP contribution in [-0.2, 0) is 0 Å². The van der Waals surface area contributed by atoms with Gasteiger partial charge >= 0.3 is 0 Å². The molecule has 0 amide bonds. The summed E-state index contributed by atoms with van der Waals surface area (Å²) >= 11 is 11.7. The van der Waals surface area contributed by atoms with E-state index in [1.807, 2.05) is 6.07 Å². The molecule has 2 rings (SSSR count). The summed E-state index contributed by atoms with van der Waals surface area (Å²) in [7, 11) is 0. The lowest BCUT2D eigenvalue weighted by atomic mass is 10.2. The summed E-state index contributed by atoms with van der Waals surface area (Å²) in [6, 6.07) is 10.2. The highest BCUT2D eigenvalue weighted by Crippen LogP contribution is 2.32. The summed E-state index contributed by atoms with van der Waals surface area (Å²) in [4.78, 5) is 0. The predicted octanol–water partition coefficient (Wildman–Crippen LogP) is 4.80. The topological polar surface area (TPSA) is 33.0 Å². The molecule has 0 radical (unpaired) electrons. The molecule has 18 heavy (non-hydrogen) atoms. The van der Waals surface area contributed by atoms with Crippen molar-refractivity contribution in [2.24, 2.45) is 0 Å². The van der Waals surface area contributed by atoms with E-state index in [2.05, 4.69) is 0 Å². The van der Waals surface area contributed by atoms with E-state index >= 15 is 0 Å². The van der Waals surface area contributed by atoms with Crippen LogP contribution in [0, 0.1) is 17.1 Å². The van der Waals surface area contributed by atoms with Gasteiger partial charge in [0.25, 0.3) is 0 Å². The number of hydrogen-bond donors (Lipinski definition) is 0. The lowest BCUT2D eigenvalue weighted by Gasteiger charge is -2.08. The van der Waals surface area contributed by atoms with E-state index < -0.39 is 5.82 Å². The molecular formula is C13H6Cl2FNO. The van der Waals surface area contributed by atoms with E-state index in [-0.39, 0.29) is 11.3 Å². The molecule has 0 saturated heterocycles. The molecule has 0 bridgehead atoms. The molecule has 2 aromatic rings. The van der Waals surface area contributed by atoms with Crippen LogP contribution < -0.4 is 4.74 Å². The van der Waals surface area contributed by atoms with Crippen molar-refractivity contribution >= 4 is 23.2 Å². The highest BCUT2D eigenvalue weighted by Gasteiger charge is 2.07. The summed E-state index contributed by atoms with van der Waals surface area (Å²) in [6.45, 7) is 0. The molecule has 0 N–H and O–H groups in total. The van der Waals surface area contributed by atoms with Crippen LogP contribution in [0.1, 0.15) is 5.56 Å². The Bertz CT molecular complexity index is 637. The molecule has 0 aliphatic carbocycles. The molecule has 5 heteroatoms. The van der Waals surface area contributed by atoms with Gasteiger partial charge in [-0.2, -0.15) is 5.26 Å². The van der Waals surface area contributed by atoms with Crippen molar-refractivity contribution in [3.63, 3.8) is 0 Å². The largest absolute Gasteiger partial charge is 0.456 e. The molecule has 0 heterocycles. The average molecular weight is 282 g/mol. The number of hydrogen-bond acceptors (Lipinski definition) is 2. The summed E-state index contributed by atoms with van der Waals surface area (Å²) in [6.07, 6.45) is 0. The monoisotopic (exact) mass is 281 g/mol. The molecular weight excluding hydrogens is 276 g/mol. The van der Waals surface area contributed by atoms with E-state index in [1.54, 1.807) is 12.1 Å². The maximum absolute atomic E-state index is 13.2. The van der Waals surface area contributed by atoms with E-state index in [4.69, 9.17) is 33.2 Å². The van der Waals surface area contributed by atoms with E-state index in [9.17, 15) is 4.39 Å². The first-order chi connectivity index (χ1) is 8.58. The van der Waals surface area contributed by atoms with Crippen molar-refractivity contribution in [1.29, 1.82) is 5.26 Å². The summed E-state index contributed by atoms with van der Waals surface area (Å²) in [5.74, 6) is -0.0587. The van der Waals surface area contributed by atoms with Gasteiger partial charge in [0.05, 0.1) is 16.7 Å². The number of rotatable bonds is 2. The molecule has 2 aromatic carbocycles. The number of benzene rings is 2. The fourth-order valence-corrected chi connectivity index (χ4v) is 1.69. The molecule has 0 aliphatic rings. The van der Waals surface area contributed by atoms with Crippen LogP contribution in [0.5, 0.6) is 11.5 Å². The van der Waals surface area contributed by atoms with Gasteiger partial charge in [0.15, 0.2) is 0 Å². The smallest absolute Gasteiger partial charge is 0.147 e. The standard InChI is InChI=1S/C13H6Cl2FNO/c14-9-1-2-12(15)13(5-9)18-11-4-8(7-17)3-10(16)6-11/h1-6H. The Morgan fingerprint density at radius 3 is 2.61 bits per heavy atom. The van der Waals surface area contributed by atoms with Crippen LogP contribution in [0.4, 0.5) is 4.39 Å². The Kier molecular flexibility index (Phi) is 3.71. The molecule has 0 fully saturated rings. The average Bonchev–Trinajstić information content (AvgIpc) is 2.33. The Morgan fingerprint density at radius 2 is 1.89 bits per heavy atom. The molecule has 0 saturated carbocycles. The van der Waals surface area contributed by atoms with Gasteiger partial charge in [-0.25, -0.2) is 4.39 Å². The van der Waals surface area contributed by atoms with Crippen molar-refractivity contribution in [2.45, 2.75) is 0 Å². The lowest BCUT2D eigenvalue weighted by molar-refractivity contribution is 0.477. The van der Waals surface area contributed by atoms with Crippen LogP contribution in [-0.4, -0.2) is 0 Å². The van der Waals surface area contributed by atoms with Crippen LogP contribution >= 0.6 is 23.2 Å². The second-order valence-electron chi connectivity index (χ2n) is 3.46. The Morgan fingerprint density at radius 1 is 1.11 bits per heavy atom. The number of ether oxygens (including phenoxy) is 1. The maximum Gasteiger partial charge on any atom is 0.147 e. The third-order valence-corrected chi connectivity index (χ3v) is 2.67. The SMILES string of the molecule is N#Cc1cc(F)cc(Oc2cc(Cl)ccc2Cl)c1. The zero-order valence-electron chi connectivity index (χ0n) is 8.95. The summed E-state index contributed by atoms with van der Waals surface area (Å²) in [5, 5.41) is 9.53. The van der Waals surface area contributed by atoms with Crippen molar-refractivity contribution < 1.29 is 9.13 Å². The zero-order valence-corrected chi connectivity index (χ0v) is 10.5. The first kappa shape index (κ1) is 12.7. The second kappa shape index (κ2) is 5.26. The Hall–Kier alpha value is -1.76. The fourth-order valence-electron chi connectivity index (χ4n) is 1.37. The molecule has 2 nitrogen and oxygen atoms in total. The molecule has 0 unspecified atom stereocenters. The predicted molar refractivity (Wildman–Crippen MR) is 67.7 cm³/mol. The van der Waals surface area contributed by atoms with Gasteiger partial charge < -0.3 is 4.74 Å². The third-order valence-electron chi connectivity index (χ3n) is 2.12. The van der Waals surface area contributed by atoms with E-state index in [0.29, 0.717) is 15.8 Å². The molecule has 0 atom stereocenters. The first-order valence-corrected chi connectivity index (χ1v) is 5.67. The zero-order chi connectivity index (χ0) is 13.1. The number of nitriles is 1. The van der Waals surface area contributed by atoms with Crippen molar-refractivity contribution in [3.8, 4) is 17.6 Å². The van der Waals surface area contributed by atoms with Crippen molar-refractivity contribution in [2.75, 3.05) is 0 Å². The molecule has 0 aromatic heterocycles. The summed E-state index contributed by atoms with van der Waals surface area (Å²) in [5.41, 5.74) is 0.170. The van der Waals surface area contributed by atoms with Crippen LogP contribution in [0.25, 0.3) is 0 Å². The number of nitrogens with zero attached hydrogens (tertiary/aromatic N) is 1. The van der Waals surface area contributed by atoms with Crippen molar-refractivity contribution in [3.05, 3.63) is 57.8 Å². The minimum absolute atomic E-state index is 0.170. The van der Waals surface area contributed by atoms with Gasteiger partial charge in [0.1, 0.15) is 17.3 Å². The van der Waals surface area contributed by atoms with Crippen molar-refractivity contribution in [1.82, 2.24) is 0 Å². The second-order valence-corrected chi connectivity index (χ2v) is 4.31. The molecule has 90 valence electrons. The maximum atomic E-state index is 13.2. The summed E-state index contributed by atoms with van der Waals surface area (Å²) < 4.78 is 18.6. The quantitative estimate of drug-likeness (QED) is 0.792. The Balaban J connectivity index is 2.37. The van der Waals surface area contributed by atoms with Gasteiger partial charge in [-0.15, -0.1) is 0 Å². The van der Waals surface area contributed by atoms with E-state index in [0.717, 1.165) is 12.1 Å². The Labute approximate surface area is 113 Å². The van der Waals surface area contributed by atoms with Gasteiger partial charge in [-0.1, -0.05) is 23.2 Å². The lowest BCUT2D eigenvalue weighted by Crippen LogP contribution is -1.88. The minimum atomic E-state index is -0.554. The highest BCUT2D eigenvalue weighted by atomic mass is 35.5. The molecule has 0 spiro atoms. The van der Waals surface area contributed by atoms with Gasteiger partial charge in [-0.05, 0) is 24.3 Å². The van der Waals surface area contributed by atoms with Gasteiger partial charge in [0.2, 0.25) is 0 Å². The first-order valence-electron chi connectivity index (χ1n) is 4.92.